The van der Waals surface area contributed by atoms with E-state index in [1.807, 2.05) is 24.3 Å². The summed E-state index contributed by atoms with van der Waals surface area (Å²) in [7, 11) is -0.599. The SMILES string of the molecule is CN(C)S(=O)(=O)N1CCc2c(N)nn(C(=O)C3CCNc4ccccc43)c2C1. The smallest absolute Gasteiger partial charge is 0.281 e. The third kappa shape index (κ3) is 2.97. The molecule has 3 N–H and O–H groups in total. The summed E-state index contributed by atoms with van der Waals surface area (Å²) in [5, 5.41) is 7.60. The topological polar surface area (TPSA) is 114 Å². The highest BCUT2D eigenvalue weighted by atomic mass is 32.2. The minimum Gasteiger partial charge on any atom is -0.385 e. The van der Waals surface area contributed by atoms with E-state index in [4.69, 9.17) is 5.73 Å². The Labute approximate surface area is 164 Å². The second-order valence-electron chi connectivity index (χ2n) is 7.29. The van der Waals surface area contributed by atoms with Crippen LogP contribution in [0.15, 0.2) is 24.3 Å². The summed E-state index contributed by atoms with van der Waals surface area (Å²) >= 11 is 0. The lowest BCUT2D eigenvalue weighted by molar-refractivity contribution is 0.0850. The summed E-state index contributed by atoms with van der Waals surface area (Å²) in [6, 6.07) is 7.72. The van der Waals surface area contributed by atoms with Gasteiger partial charge in [-0.25, -0.2) is 4.68 Å². The molecule has 1 aromatic heterocycles. The van der Waals surface area contributed by atoms with Crippen molar-refractivity contribution in [3.05, 3.63) is 41.1 Å². The first kappa shape index (κ1) is 18.9. The Morgan fingerprint density at radius 1 is 1.32 bits per heavy atom. The third-order valence-corrected chi connectivity index (χ3v) is 7.32. The van der Waals surface area contributed by atoms with Crippen LogP contribution < -0.4 is 11.1 Å². The van der Waals surface area contributed by atoms with E-state index < -0.39 is 10.2 Å². The molecule has 4 rings (SSSR count). The number of rotatable bonds is 3. The highest BCUT2D eigenvalue weighted by molar-refractivity contribution is 7.86. The molecule has 0 amide bonds. The van der Waals surface area contributed by atoms with Crippen LogP contribution in [0.5, 0.6) is 0 Å². The molecule has 9 nitrogen and oxygen atoms in total. The largest absolute Gasteiger partial charge is 0.385 e. The lowest BCUT2D eigenvalue weighted by Crippen LogP contribution is -2.43. The van der Waals surface area contributed by atoms with Crippen LogP contribution >= 0.6 is 0 Å². The van der Waals surface area contributed by atoms with E-state index in [-0.39, 0.29) is 18.4 Å². The van der Waals surface area contributed by atoms with Crippen molar-refractivity contribution >= 4 is 27.6 Å². The molecular formula is C18H24N6O3S. The van der Waals surface area contributed by atoms with Crippen LogP contribution in [-0.2, 0) is 23.2 Å². The standard InChI is InChI=1S/C18H24N6O3S/c1-22(2)28(26,27)23-10-8-14-16(11-23)24(21-17(14)19)18(25)13-7-9-20-15-6-4-3-5-12(13)15/h3-6,13,20H,7-11H2,1-2H3,(H2,19,21). The van der Waals surface area contributed by atoms with Gasteiger partial charge in [-0.1, -0.05) is 18.2 Å². The van der Waals surface area contributed by atoms with Gasteiger partial charge in [-0.05, 0) is 24.5 Å². The maximum Gasteiger partial charge on any atom is 0.281 e. The van der Waals surface area contributed by atoms with Gasteiger partial charge in [0, 0.05) is 38.4 Å². The zero-order chi connectivity index (χ0) is 20.1. The molecule has 2 aliphatic rings. The Morgan fingerprint density at radius 2 is 2.07 bits per heavy atom. The molecule has 1 atom stereocenters. The van der Waals surface area contributed by atoms with Crippen LogP contribution in [0.25, 0.3) is 0 Å². The van der Waals surface area contributed by atoms with Crippen LogP contribution in [-0.4, -0.2) is 59.9 Å². The predicted octanol–water partition coefficient (Wildman–Crippen LogP) is 0.869. The number of hydrogen-bond acceptors (Lipinski definition) is 6. The number of carbonyl (C=O) groups excluding carboxylic acids is 1. The van der Waals surface area contributed by atoms with Gasteiger partial charge in [0.2, 0.25) is 0 Å². The molecule has 0 bridgehead atoms. The number of nitrogens with one attached hydrogen (secondary N) is 1. The van der Waals surface area contributed by atoms with E-state index in [1.54, 1.807) is 0 Å². The summed E-state index contributed by atoms with van der Waals surface area (Å²) in [6.45, 7) is 1.08. The molecule has 0 saturated heterocycles. The summed E-state index contributed by atoms with van der Waals surface area (Å²) in [4.78, 5) is 13.4. The average Bonchev–Trinajstić information content (AvgIpc) is 3.03. The van der Waals surface area contributed by atoms with Gasteiger partial charge in [0.25, 0.3) is 16.1 Å². The molecule has 0 spiro atoms. The van der Waals surface area contributed by atoms with Crippen molar-refractivity contribution in [2.75, 3.05) is 38.2 Å². The first-order valence-electron chi connectivity index (χ1n) is 9.21. The fourth-order valence-corrected chi connectivity index (χ4v) is 4.97. The molecule has 1 unspecified atom stereocenters. The van der Waals surface area contributed by atoms with Gasteiger partial charge >= 0.3 is 0 Å². The fraction of sp³-hybridized carbons (Fsp3) is 0.444. The van der Waals surface area contributed by atoms with Gasteiger partial charge in [0.05, 0.1) is 18.2 Å². The average molecular weight is 404 g/mol. The van der Waals surface area contributed by atoms with Gasteiger partial charge in [0.15, 0.2) is 0 Å². The first-order chi connectivity index (χ1) is 13.3. The Kier molecular flexibility index (Phi) is 4.64. The molecule has 0 aliphatic carbocycles. The number of nitrogen functional groups attached to an aromatic ring is 1. The van der Waals surface area contributed by atoms with E-state index in [1.165, 1.54) is 27.4 Å². The highest BCUT2D eigenvalue weighted by Gasteiger charge is 2.36. The summed E-state index contributed by atoms with van der Waals surface area (Å²) in [6.07, 6.45) is 1.08. The highest BCUT2D eigenvalue weighted by Crippen LogP contribution is 2.34. The maximum atomic E-state index is 13.4. The van der Waals surface area contributed by atoms with Crippen molar-refractivity contribution in [3.63, 3.8) is 0 Å². The molecule has 3 heterocycles. The normalized spacial score (nSPS) is 19.8. The van der Waals surface area contributed by atoms with Gasteiger partial charge in [0.1, 0.15) is 5.82 Å². The van der Waals surface area contributed by atoms with E-state index >= 15 is 0 Å². The van der Waals surface area contributed by atoms with Gasteiger partial charge in [-0.15, -0.1) is 5.10 Å². The molecule has 10 heteroatoms. The van der Waals surface area contributed by atoms with Crippen LogP contribution in [0.2, 0.25) is 0 Å². The summed E-state index contributed by atoms with van der Waals surface area (Å²) < 4.78 is 29.0. The second-order valence-corrected chi connectivity index (χ2v) is 9.43. The molecule has 2 aromatic rings. The number of nitrogens with two attached hydrogens (primary N) is 1. The van der Waals surface area contributed by atoms with E-state index in [0.717, 1.165) is 16.8 Å². The second kappa shape index (κ2) is 6.87. The van der Waals surface area contributed by atoms with Crippen molar-refractivity contribution in [1.82, 2.24) is 18.4 Å². The predicted molar refractivity (Wildman–Crippen MR) is 106 cm³/mol. The number of anilines is 2. The number of aromatic nitrogens is 2. The van der Waals surface area contributed by atoms with E-state index in [9.17, 15) is 13.2 Å². The van der Waals surface area contributed by atoms with Crippen LogP contribution in [0.3, 0.4) is 0 Å². The molecule has 28 heavy (non-hydrogen) atoms. The number of benzene rings is 1. The van der Waals surface area contributed by atoms with Gasteiger partial charge in [-0.3, -0.25) is 4.79 Å². The van der Waals surface area contributed by atoms with Gasteiger partial charge < -0.3 is 11.1 Å². The number of para-hydroxylation sites is 1. The first-order valence-corrected chi connectivity index (χ1v) is 10.6. The Bertz CT molecular complexity index is 1030. The number of carbonyl (C=O) groups is 1. The molecule has 0 saturated carbocycles. The molecule has 1 aromatic carbocycles. The number of nitrogens with zero attached hydrogens (tertiary/aromatic N) is 4. The lowest BCUT2D eigenvalue weighted by Gasteiger charge is -2.30. The number of hydrogen-bond donors (Lipinski definition) is 2. The van der Waals surface area contributed by atoms with Crippen LogP contribution in [0.1, 0.15) is 34.0 Å². The Morgan fingerprint density at radius 3 is 2.82 bits per heavy atom. The van der Waals surface area contributed by atoms with E-state index in [2.05, 4.69) is 10.4 Å². The monoisotopic (exact) mass is 404 g/mol. The maximum absolute atomic E-state index is 13.4. The molecule has 2 aliphatic heterocycles. The Hall–Kier alpha value is -2.43. The minimum atomic E-state index is -3.59. The zero-order valence-electron chi connectivity index (χ0n) is 15.9. The van der Waals surface area contributed by atoms with Crippen molar-refractivity contribution in [2.45, 2.75) is 25.3 Å². The molecule has 150 valence electrons. The third-order valence-electron chi connectivity index (χ3n) is 5.44. The zero-order valence-corrected chi connectivity index (χ0v) is 16.7. The quantitative estimate of drug-likeness (QED) is 0.785. The minimum absolute atomic E-state index is 0.0817. The molecule has 0 fully saturated rings. The van der Waals surface area contributed by atoms with Crippen molar-refractivity contribution < 1.29 is 13.2 Å². The molecule has 0 radical (unpaired) electrons. The van der Waals surface area contributed by atoms with Gasteiger partial charge in [-0.2, -0.15) is 17.0 Å². The lowest BCUT2D eigenvalue weighted by atomic mass is 9.90. The fourth-order valence-electron chi connectivity index (χ4n) is 3.90. The Balaban J connectivity index is 1.71. The summed E-state index contributed by atoms with van der Waals surface area (Å²) in [5.74, 6) is -0.222. The molecular weight excluding hydrogens is 380 g/mol. The van der Waals surface area contributed by atoms with Crippen molar-refractivity contribution in [1.29, 1.82) is 0 Å². The summed E-state index contributed by atoms with van der Waals surface area (Å²) in [5.41, 5.74) is 9.26. The van der Waals surface area contributed by atoms with Crippen LogP contribution in [0, 0.1) is 0 Å². The van der Waals surface area contributed by atoms with Crippen LogP contribution in [0.4, 0.5) is 11.5 Å². The van der Waals surface area contributed by atoms with E-state index in [0.29, 0.717) is 37.4 Å². The number of fused-ring (bicyclic) bond motifs is 2. The van der Waals surface area contributed by atoms with Crippen molar-refractivity contribution in [3.8, 4) is 0 Å². The van der Waals surface area contributed by atoms with Crippen molar-refractivity contribution in [2.24, 2.45) is 0 Å².